The zero-order valence-corrected chi connectivity index (χ0v) is 11.1. The molecule has 3 heteroatoms. The molecule has 100 valence electrons. The molecule has 3 nitrogen and oxygen atoms in total. The van der Waals surface area contributed by atoms with Gasteiger partial charge in [0, 0.05) is 19.1 Å². The van der Waals surface area contributed by atoms with Crippen molar-refractivity contribution in [3.8, 4) is 5.75 Å². The van der Waals surface area contributed by atoms with Crippen LogP contribution in [-0.4, -0.2) is 19.3 Å². The second-order valence-electron chi connectivity index (χ2n) is 4.86. The molecule has 1 aliphatic rings. The molecule has 0 bridgehead atoms. The molecule has 0 spiro atoms. The summed E-state index contributed by atoms with van der Waals surface area (Å²) in [6, 6.07) is 8.23. The maximum atomic E-state index is 5.97. The maximum absolute atomic E-state index is 5.97. The number of nitrogens with two attached hydrogens (primary N) is 1. The van der Waals surface area contributed by atoms with Crippen molar-refractivity contribution in [1.82, 2.24) is 0 Å². The monoisotopic (exact) mass is 249 g/mol. The van der Waals surface area contributed by atoms with Crippen LogP contribution >= 0.6 is 0 Å². The Morgan fingerprint density at radius 2 is 2.17 bits per heavy atom. The first-order valence-corrected chi connectivity index (χ1v) is 6.89. The number of ether oxygens (including phenoxy) is 2. The van der Waals surface area contributed by atoms with Crippen LogP contribution in [0.1, 0.15) is 44.2 Å². The van der Waals surface area contributed by atoms with Crippen molar-refractivity contribution in [3.05, 3.63) is 29.8 Å². The van der Waals surface area contributed by atoms with Crippen LogP contribution in [0, 0.1) is 0 Å². The summed E-state index contributed by atoms with van der Waals surface area (Å²) in [4.78, 5) is 0. The molecule has 1 aliphatic heterocycles. The zero-order valence-electron chi connectivity index (χ0n) is 11.1. The van der Waals surface area contributed by atoms with Gasteiger partial charge in [0.2, 0.25) is 0 Å². The van der Waals surface area contributed by atoms with E-state index in [4.69, 9.17) is 15.2 Å². The van der Waals surface area contributed by atoms with Gasteiger partial charge < -0.3 is 15.2 Å². The van der Waals surface area contributed by atoms with E-state index in [9.17, 15) is 0 Å². The Labute approximate surface area is 109 Å². The Morgan fingerprint density at radius 1 is 1.39 bits per heavy atom. The lowest BCUT2D eigenvalue weighted by Crippen LogP contribution is -2.11. The van der Waals surface area contributed by atoms with Gasteiger partial charge in [-0.1, -0.05) is 19.1 Å². The Hall–Kier alpha value is -1.06. The van der Waals surface area contributed by atoms with Gasteiger partial charge in [-0.05, 0) is 37.0 Å². The third kappa shape index (κ3) is 3.72. The number of rotatable bonds is 6. The van der Waals surface area contributed by atoms with Crippen molar-refractivity contribution < 1.29 is 9.47 Å². The number of benzene rings is 1. The van der Waals surface area contributed by atoms with E-state index in [2.05, 4.69) is 19.1 Å². The predicted octanol–water partition coefficient (Wildman–Crippen LogP) is 3.04. The molecule has 2 atom stereocenters. The molecule has 1 heterocycles. The molecule has 1 aromatic rings. The van der Waals surface area contributed by atoms with Gasteiger partial charge in [0.15, 0.2) is 0 Å². The maximum Gasteiger partial charge on any atom is 0.119 e. The molecule has 2 unspecified atom stereocenters. The van der Waals surface area contributed by atoms with Gasteiger partial charge in [-0.3, -0.25) is 0 Å². The molecular formula is C15H23NO2. The summed E-state index contributed by atoms with van der Waals surface area (Å²) in [5.74, 6) is 0.917. The third-order valence-electron chi connectivity index (χ3n) is 3.48. The Bertz CT molecular complexity index is 344. The van der Waals surface area contributed by atoms with E-state index in [0.29, 0.717) is 6.10 Å². The predicted molar refractivity (Wildman–Crippen MR) is 72.7 cm³/mol. The Kier molecular flexibility index (Phi) is 5.02. The van der Waals surface area contributed by atoms with Crippen LogP contribution in [0.15, 0.2) is 24.3 Å². The summed E-state index contributed by atoms with van der Waals surface area (Å²) in [7, 11) is 0. The van der Waals surface area contributed by atoms with Crippen molar-refractivity contribution in [3.63, 3.8) is 0 Å². The number of hydrogen-bond acceptors (Lipinski definition) is 3. The molecule has 0 aliphatic carbocycles. The fraction of sp³-hybridized carbons (Fsp3) is 0.600. The van der Waals surface area contributed by atoms with Gasteiger partial charge in [-0.2, -0.15) is 0 Å². The van der Waals surface area contributed by atoms with Crippen LogP contribution in [-0.2, 0) is 4.74 Å². The highest BCUT2D eigenvalue weighted by atomic mass is 16.5. The minimum atomic E-state index is 0.130. The SMILES string of the molecule is CCC(N)c1ccc(OCCC2CCCO2)cc1. The normalized spacial score (nSPS) is 20.9. The summed E-state index contributed by atoms with van der Waals surface area (Å²) >= 11 is 0. The van der Waals surface area contributed by atoms with Gasteiger partial charge in [-0.25, -0.2) is 0 Å². The quantitative estimate of drug-likeness (QED) is 0.842. The summed E-state index contributed by atoms with van der Waals surface area (Å²) < 4.78 is 11.3. The molecule has 18 heavy (non-hydrogen) atoms. The van der Waals surface area contributed by atoms with E-state index < -0.39 is 0 Å². The molecule has 2 rings (SSSR count). The van der Waals surface area contributed by atoms with E-state index in [1.165, 1.54) is 18.4 Å². The van der Waals surface area contributed by atoms with Crippen LogP contribution in [0.3, 0.4) is 0 Å². The molecule has 1 fully saturated rings. The van der Waals surface area contributed by atoms with Crippen molar-refractivity contribution in [2.24, 2.45) is 5.73 Å². The molecule has 1 aromatic carbocycles. The highest BCUT2D eigenvalue weighted by molar-refractivity contribution is 5.28. The van der Waals surface area contributed by atoms with Gasteiger partial charge in [-0.15, -0.1) is 0 Å². The van der Waals surface area contributed by atoms with E-state index in [0.717, 1.165) is 31.8 Å². The highest BCUT2D eigenvalue weighted by Crippen LogP contribution is 2.19. The van der Waals surface area contributed by atoms with Crippen LogP contribution in [0.5, 0.6) is 5.75 Å². The van der Waals surface area contributed by atoms with Gasteiger partial charge in [0.25, 0.3) is 0 Å². The number of hydrogen-bond donors (Lipinski definition) is 1. The van der Waals surface area contributed by atoms with Crippen molar-refractivity contribution in [2.45, 2.75) is 44.8 Å². The lowest BCUT2D eigenvalue weighted by Gasteiger charge is -2.12. The third-order valence-corrected chi connectivity index (χ3v) is 3.48. The fourth-order valence-corrected chi connectivity index (χ4v) is 2.23. The van der Waals surface area contributed by atoms with E-state index in [-0.39, 0.29) is 6.04 Å². The molecule has 0 aromatic heterocycles. The minimum Gasteiger partial charge on any atom is -0.493 e. The average Bonchev–Trinajstić information content (AvgIpc) is 2.92. The second-order valence-corrected chi connectivity index (χ2v) is 4.86. The van der Waals surface area contributed by atoms with Crippen molar-refractivity contribution in [1.29, 1.82) is 0 Å². The fourth-order valence-electron chi connectivity index (χ4n) is 2.23. The minimum absolute atomic E-state index is 0.130. The lowest BCUT2D eigenvalue weighted by molar-refractivity contribution is 0.0903. The molecular weight excluding hydrogens is 226 g/mol. The van der Waals surface area contributed by atoms with Crippen LogP contribution in [0.25, 0.3) is 0 Å². The van der Waals surface area contributed by atoms with E-state index in [1.54, 1.807) is 0 Å². The smallest absolute Gasteiger partial charge is 0.119 e. The molecule has 0 radical (unpaired) electrons. The van der Waals surface area contributed by atoms with E-state index >= 15 is 0 Å². The molecule has 0 saturated carbocycles. The average molecular weight is 249 g/mol. The zero-order chi connectivity index (χ0) is 12.8. The molecule has 0 amide bonds. The topological polar surface area (TPSA) is 44.5 Å². The second kappa shape index (κ2) is 6.76. The first-order valence-electron chi connectivity index (χ1n) is 6.89. The van der Waals surface area contributed by atoms with Crippen molar-refractivity contribution in [2.75, 3.05) is 13.2 Å². The van der Waals surface area contributed by atoms with Crippen LogP contribution in [0.4, 0.5) is 0 Å². The van der Waals surface area contributed by atoms with Crippen LogP contribution in [0.2, 0.25) is 0 Å². The Morgan fingerprint density at radius 3 is 2.78 bits per heavy atom. The highest BCUT2D eigenvalue weighted by Gasteiger charge is 2.14. The summed E-state index contributed by atoms with van der Waals surface area (Å²) in [5, 5.41) is 0. The van der Waals surface area contributed by atoms with E-state index in [1.807, 2.05) is 12.1 Å². The first-order chi connectivity index (χ1) is 8.79. The molecule has 1 saturated heterocycles. The van der Waals surface area contributed by atoms with Crippen LogP contribution < -0.4 is 10.5 Å². The van der Waals surface area contributed by atoms with Gasteiger partial charge in [0.05, 0.1) is 12.7 Å². The molecule has 2 N–H and O–H groups in total. The summed E-state index contributed by atoms with van der Waals surface area (Å²) in [5.41, 5.74) is 7.14. The Balaban J connectivity index is 1.75. The standard InChI is InChI=1S/C15H23NO2/c1-2-15(16)12-5-7-14(8-6-12)18-11-9-13-4-3-10-17-13/h5-8,13,15H,2-4,9-11,16H2,1H3. The van der Waals surface area contributed by atoms with Gasteiger partial charge >= 0.3 is 0 Å². The lowest BCUT2D eigenvalue weighted by atomic mass is 10.1. The first kappa shape index (κ1) is 13.4. The van der Waals surface area contributed by atoms with Gasteiger partial charge in [0.1, 0.15) is 5.75 Å². The largest absolute Gasteiger partial charge is 0.493 e. The summed E-state index contributed by atoms with van der Waals surface area (Å²) in [6.45, 7) is 3.73. The summed E-state index contributed by atoms with van der Waals surface area (Å²) in [6.07, 6.45) is 4.70. The van der Waals surface area contributed by atoms with Crippen molar-refractivity contribution >= 4 is 0 Å².